The van der Waals surface area contributed by atoms with Gasteiger partial charge in [-0.15, -0.1) is 0 Å². The van der Waals surface area contributed by atoms with Crippen LogP contribution in [0.1, 0.15) is 13.8 Å². The zero-order valence-corrected chi connectivity index (χ0v) is 17.3. The smallest absolute Gasteiger partial charge is 0.267 e. The summed E-state index contributed by atoms with van der Waals surface area (Å²) in [5.74, 6) is 0.468. The maximum atomic E-state index is 12.3. The van der Waals surface area contributed by atoms with Gasteiger partial charge in [0.25, 0.3) is 5.91 Å². The molecule has 0 saturated carbocycles. The molecular weight excluding hydrogens is 408 g/mol. The van der Waals surface area contributed by atoms with Crippen molar-refractivity contribution in [1.82, 2.24) is 0 Å². The van der Waals surface area contributed by atoms with Gasteiger partial charge in [0, 0.05) is 23.6 Å². The number of benzene rings is 2. The predicted octanol–water partition coefficient (Wildman–Crippen LogP) is 2.59. The summed E-state index contributed by atoms with van der Waals surface area (Å²) in [6.45, 7) is 4.66. The Kier molecular flexibility index (Phi) is 7.80. The number of nitrogens with zero attached hydrogens (tertiary/aromatic N) is 1. The molecule has 0 saturated heterocycles. The van der Waals surface area contributed by atoms with Crippen molar-refractivity contribution in [3.8, 4) is 17.6 Å². The molecule has 9 nitrogen and oxygen atoms in total. The first-order valence-electron chi connectivity index (χ1n) is 8.99. The molecule has 0 atom stereocenters. The highest BCUT2D eigenvalue weighted by Gasteiger charge is 2.12. The molecule has 0 radical (unpaired) electrons. The van der Waals surface area contributed by atoms with Crippen LogP contribution in [0, 0.1) is 11.3 Å². The molecule has 0 aliphatic heterocycles. The van der Waals surface area contributed by atoms with Gasteiger partial charge in [0.1, 0.15) is 11.6 Å². The van der Waals surface area contributed by atoms with Gasteiger partial charge in [-0.05, 0) is 50.2 Å². The summed E-state index contributed by atoms with van der Waals surface area (Å²) >= 11 is 0. The summed E-state index contributed by atoms with van der Waals surface area (Å²) in [5, 5.41) is 19.7. The Morgan fingerprint density at radius 2 is 1.67 bits per heavy atom. The minimum Gasteiger partial charge on any atom is -0.490 e. The number of hydrogen-bond donors (Lipinski definition) is 3. The fraction of sp³-hybridized carbons (Fsp3) is 0.200. The third-order valence-electron chi connectivity index (χ3n) is 3.73. The number of sulfonamides is 1. The summed E-state index contributed by atoms with van der Waals surface area (Å²) < 4.78 is 33.6. The second kappa shape index (κ2) is 10.3. The fourth-order valence-electron chi connectivity index (χ4n) is 2.37. The number of amides is 1. The van der Waals surface area contributed by atoms with Gasteiger partial charge in [0.15, 0.2) is 11.5 Å². The number of nitrogens with one attached hydrogen (secondary N) is 2. The molecule has 1 amide bonds. The quantitative estimate of drug-likeness (QED) is 0.410. The van der Waals surface area contributed by atoms with Crippen LogP contribution in [0.4, 0.5) is 11.4 Å². The van der Waals surface area contributed by atoms with Crippen molar-refractivity contribution in [2.45, 2.75) is 18.7 Å². The van der Waals surface area contributed by atoms with Crippen LogP contribution in [0.3, 0.4) is 0 Å². The van der Waals surface area contributed by atoms with E-state index < -0.39 is 15.9 Å². The number of nitrogens with two attached hydrogens (primary N) is 1. The maximum Gasteiger partial charge on any atom is 0.267 e. The zero-order chi connectivity index (χ0) is 22.1. The van der Waals surface area contributed by atoms with Crippen LogP contribution in [-0.4, -0.2) is 27.5 Å². The van der Waals surface area contributed by atoms with Crippen molar-refractivity contribution in [2.24, 2.45) is 5.14 Å². The summed E-state index contributed by atoms with van der Waals surface area (Å²) in [6, 6.07) is 12.2. The van der Waals surface area contributed by atoms with Gasteiger partial charge < -0.3 is 20.1 Å². The maximum absolute atomic E-state index is 12.3. The van der Waals surface area contributed by atoms with Crippen LogP contribution >= 0.6 is 0 Å². The summed E-state index contributed by atoms with van der Waals surface area (Å²) in [5.41, 5.74) is 0.727. The number of hydrogen-bond acceptors (Lipinski definition) is 7. The Morgan fingerprint density at radius 1 is 1.07 bits per heavy atom. The fourth-order valence-corrected chi connectivity index (χ4v) is 2.89. The molecule has 0 bridgehead atoms. The monoisotopic (exact) mass is 430 g/mol. The molecule has 0 spiro atoms. The largest absolute Gasteiger partial charge is 0.490 e. The lowest BCUT2D eigenvalue weighted by molar-refractivity contribution is -0.112. The highest BCUT2D eigenvalue weighted by Crippen LogP contribution is 2.30. The average molecular weight is 430 g/mol. The van der Waals surface area contributed by atoms with E-state index in [2.05, 4.69) is 10.6 Å². The number of primary sulfonamides is 1. The van der Waals surface area contributed by atoms with E-state index in [1.54, 1.807) is 18.2 Å². The molecule has 0 aliphatic rings. The number of nitriles is 1. The van der Waals surface area contributed by atoms with E-state index >= 15 is 0 Å². The molecule has 30 heavy (non-hydrogen) atoms. The van der Waals surface area contributed by atoms with Gasteiger partial charge in [0.2, 0.25) is 10.0 Å². The van der Waals surface area contributed by atoms with Gasteiger partial charge in [-0.3, -0.25) is 4.79 Å². The van der Waals surface area contributed by atoms with Crippen LogP contribution in [-0.2, 0) is 14.8 Å². The van der Waals surface area contributed by atoms with Gasteiger partial charge in [-0.2, -0.15) is 5.26 Å². The Balaban J connectivity index is 2.12. The molecule has 158 valence electrons. The Hall–Kier alpha value is -3.55. The minimum atomic E-state index is -3.83. The van der Waals surface area contributed by atoms with Crippen molar-refractivity contribution in [1.29, 1.82) is 5.26 Å². The van der Waals surface area contributed by atoms with E-state index in [4.69, 9.17) is 14.6 Å². The van der Waals surface area contributed by atoms with E-state index in [1.165, 1.54) is 30.5 Å². The molecular formula is C20H22N4O5S. The van der Waals surface area contributed by atoms with E-state index in [-0.39, 0.29) is 10.5 Å². The number of carbonyl (C=O) groups is 1. The first-order chi connectivity index (χ1) is 14.3. The highest BCUT2D eigenvalue weighted by atomic mass is 32.2. The molecule has 2 aromatic rings. The molecule has 0 aromatic heterocycles. The molecule has 2 rings (SSSR count). The van der Waals surface area contributed by atoms with Crippen LogP contribution in [0.25, 0.3) is 0 Å². The number of ether oxygens (including phenoxy) is 2. The zero-order valence-electron chi connectivity index (χ0n) is 16.5. The topological polar surface area (TPSA) is 144 Å². The molecule has 0 aliphatic carbocycles. The lowest BCUT2D eigenvalue weighted by atomic mass is 10.2. The lowest BCUT2D eigenvalue weighted by Gasteiger charge is -2.12. The van der Waals surface area contributed by atoms with Crippen LogP contribution < -0.4 is 25.2 Å². The van der Waals surface area contributed by atoms with Crippen LogP contribution in [0.2, 0.25) is 0 Å². The summed E-state index contributed by atoms with van der Waals surface area (Å²) in [6.07, 6.45) is 1.26. The second-order valence-corrected chi connectivity index (χ2v) is 7.43. The first kappa shape index (κ1) is 22.7. The predicted molar refractivity (Wildman–Crippen MR) is 113 cm³/mol. The molecule has 10 heteroatoms. The van der Waals surface area contributed by atoms with E-state index in [1.807, 2.05) is 19.9 Å². The SMILES string of the molecule is CCOc1ccc(N/C=C(/C#N)C(=O)Nc2ccc(S(N)(=O)=O)cc2)cc1OCC. The van der Waals surface area contributed by atoms with Gasteiger partial charge in [-0.25, -0.2) is 13.6 Å². The number of carbonyl (C=O) groups excluding carboxylic acids is 1. The molecule has 4 N–H and O–H groups in total. The molecule has 0 unspecified atom stereocenters. The lowest BCUT2D eigenvalue weighted by Crippen LogP contribution is -2.15. The van der Waals surface area contributed by atoms with Gasteiger partial charge in [0.05, 0.1) is 18.1 Å². The Labute approximate surface area is 175 Å². The standard InChI is InChI=1S/C20H22N4O5S/c1-3-28-18-10-7-16(11-19(18)29-4-2)23-13-14(12-21)20(25)24-15-5-8-17(9-6-15)30(22,26)27/h5-11,13,23H,3-4H2,1-2H3,(H,24,25)(H2,22,26,27)/b14-13-. The third kappa shape index (κ3) is 6.23. The van der Waals surface area contributed by atoms with Crippen molar-refractivity contribution in [3.05, 3.63) is 54.2 Å². The van der Waals surface area contributed by atoms with E-state index in [9.17, 15) is 18.5 Å². The average Bonchev–Trinajstić information content (AvgIpc) is 2.70. The summed E-state index contributed by atoms with van der Waals surface area (Å²) in [7, 11) is -3.83. The first-order valence-corrected chi connectivity index (χ1v) is 10.5. The van der Waals surface area contributed by atoms with Crippen molar-refractivity contribution < 1.29 is 22.7 Å². The van der Waals surface area contributed by atoms with Crippen LogP contribution in [0.5, 0.6) is 11.5 Å². The van der Waals surface area contributed by atoms with E-state index in [0.29, 0.717) is 36.1 Å². The normalized spacial score (nSPS) is 11.3. The van der Waals surface area contributed by atoms with E-state index in [0.717, 1.165) is 0 Å². The van der Waals surface area contributed by atoms with Crippen LogP contribution in [0.15, 0.2) is 59.1 Å². The third-order valence-corrected chi connectivity index (χ3v) is 4.66. The number of anilines is 2. The van der Waals surface area contributed by atoms with Gasteiger partial charge >= 0.3 is 0 Å². The highest BCUT2D eigenvalue weighted by molar-refractivity contribution is 7.89. The Bertz CT molecular complexity index is 1070. The minimum absolute atomic E-state index is 0.0844. The van der Waals surface area contributed by atoms with Gasteiger partial charge in [-0.1, -0.05) is 0 Å². The second-order valence-electron chi connectivity index (χ2n) is 5.87. The molecule has 0 fully saturated rings. The van der Waals surface area contributed by atoms with Crippen molar-refractivity contribution in [2.75, 3.05) is 23.8 Å². The number of rotatable bonds is 9. The molecule has 2 aromatic carbocycles. The Morgan fingerprint density at radius 3 is 2.23 bits per heavy atom. The summed E-state index contributed by atoms with van der Waals surface area (Å²) in [4.78, 5) is 12.2. The van der Waals surface area contributed by atoms with Crippen molar-refractivity contribution >= 4 is 27.3 Å². The molecule has 0 heterocycles. The van der Waals surface area contributed by atoms with Crippen molar-refractivity contribution in [3.63, 3.8) is 0 Å².